The molecule has 2 aliphatic heterocycles. The van der Waals surface area contributed by atoms with Crippen molar-refractivity contribution in [3.8, 4) is 0 Å². The minimum absolute atomic E-state index is 0.229. The summed E-state index contributed by atoms with van der Waals surface area (Å²) in [4.78, 5) is 35.0. The predicted molar refractivity (Wildman–Crippen MR) is 159 cm³/mol. The van der Waals surface area contributed by atoms with Crippen molar-refractivity contribution >= 4 is 50.8 Å². The Bertz CT molecular complexity index is 1780. The van der Waals surface area contributed by atoms with Gasteiger partial charge in [-0.1, -0.05) is 59.4 Å². The number of fused-ring (bicyclic) bond motifs is 1. The van der Waals surface area contributed by atoms with E-state index in [2.05, 4.69) is 26.1 Å². The van der Waals surface area contributed by atoms with Crippen LogP contribution in [0.5, 0.6) is 0 Å². The lowest BCUT2D eigenvalue weighted by atomic mass is 9.94. The quantitative estimate of drug-likeness (QED) is 0.359. The number of ether oxygens (including phenoxy) is 1. The van der Waals surface area contributed by atoms with E-state index in [0.717, 1.165) is 34.6 Å². The van der Waals surface area contributed by atoms with E-state index in [4.69, 9.17) is 14.1 Å². The first-order chi connectivity index (χ1) is 19.4. The van der Waals surface area contributed by atoms with Gasteiger partial charge < -0.3 is 19.4 Å². The molecule has 1 fully saturated rings. The van der Waals surface area contributed by atoms with Crippen molar-refractivity contribution in [3.05, 3.63) is 113 Å². The Morgan fingerprint density at radius 2 is 1.82 bits per heavy atom. The summed E-state index contributed by atoms with van der Waals surface area (Å²) in [6.07, 6.45) is 1.74. The number of nitrogens with one attached hydrogen (secondary N) is 1. The van der Waals surface area contributed by atoms with Crippen LogP contribution in [-0.2, 0) is 9.53 Å². The van der Waals surface area contributed by atoms with Crippen molar-refractivity contribution in [1.29, 1.82) is 0 Å². The molecule has 0 saturated carbocycles. The van der Waals surface area contributed by atoms with Crippen molar-refractivity contribution in [2.75, 3.05) is 36.5 Å². The zero-order valence-electron chi connectivity index (χ0n) is 22.0. The molecule has 2 aromatic carbocycles. The van der Waals surface area contributed by atoms with Crippen LogP contribution in [0.25, 0.3) is 6.08 Å². The molecule has 6 rings (SSSR count). The van der Waals surface area contributed by atoms with Gasteiger partial charge in [0.2, 0.25) is 5.88 Å². The maximum Gasteiger partial charge on any atom is 0.271 e. The van der Waals surface area contributed by atoms with Crippen molar-refractivity contribution in [1.82, 2.24) is 4.57 Å². The molecular weight excluding hydrogens is 592 g/mol. The maximum atomic E-state index is 13.9. The molecule has 1 N–H and O–H groups in total. The molecular formula is C30H27BrN4O4S. The fourth-order valence-electron chi connectivity index (χ4n) is 4.95. The van der Waals surface area contributed by atoms with Gasteiger partial charge in [0.15, 0.2) is 4.80 Å². The number of nitrogens with zero attached hydrogens (tertiary/aromatic N) is 3. The third-order valence-electron chi connectivity index (χ3n) is 6.95. The number of halogens is 1. The Morgan fingerprint density at radius 3 is 2.55 bits per heavy atom. The Balaban J connectivity index is 1.44. The number of benzene rings is 2. The average molecular weight is 620 g/mol. The van der Waals surface area contributed by atoms with E-state index in [0.29, 0.717) is 45.3 Å². The summed E-state index contributed by atoms with van der Waals surface area (Å²) in [5.41, 5.74) is 3.37. The first-order valence-electron chi connectivity index (χ1n) is 13.0. The molecule has 204 valence electrons. The topological polar surface area (TPSA) is 89.1 Å². The van der Waals surface area contributed by atoms with Crippen LogP contribution in [0.1, 0.15) is 29.9 Å². The maximum absolute atomic E-state index is 13.9. The minimum atomic E-state index is -0.630. The standard InChI is InChI=1S/C30H27BrN4O4S/c1-18-8-10-20(11-9-18)26-25(27(36)33-21-6-4-3-5-7-21)19(2)32-30-35(26)28(37)24(40-30)17-22-16-23(31)29(39-22)34-12-14-38-15-13-34/h3-11,16-17,26H,12-15H2,1-2H3,(H,33,36)/b24-17+/t26-/m1/s1. The number of rotatable bonds is 5. The number of carbonyl (C=O) groups is 1. The summed E-state index contributed by atoms with van der Waals surface area (Å²) in [5, 5.41) is 2.98. The lowest BCUT2D eigenvalue weighted by molar-refractivity contribution is -0.113. The van der Waals surface area contributed by atoms with E-state index in [-0.39, 0.29) is 11.5 Å². The number of aromatic nitrogens is 1. The number of para-hydroxylation sites is 1. The molecule has 1 amide bonds. The van der Waals surface area contributed by atoms with Gasteiger partial charge in [0.05, 0.1) is 39.5 Å². The number of hydrogen-bond acceptors (Lipinski definition) is 7. The van der Waals surface area contributed by atoms with Gasteiger partial charge >= 0.3 is 0 Å². The smallest absolute Gasteiger partial charge is 0.271 e. The summed E-state index contributed by atoms with van der Waals surface area (Å²) in [5.74, 6) is 0.983. The third-order valence-corrected chi connectivity index (χ3v) is 8.50. The number of thiazole rings is 1. The molecule has 1 atom stereocenters. The fourth-order valence-corrected chi connectivity index (χ4v) is 6.54. The highest BCUT2D eigenvalue weighted by Gasteiger charge is 2.32. The Morgan fingerprint density at radius 1 is 1.10 bits per heavy atom. The number of amides is 1. The lowest BCUT2D eigenvalue weighted by Crippen LogP contribution is -2.40. The van der Waals surface area contributed by atoms with Gasteiger partial charge in [0.1, 0.15) is 5.76 Å². The molecule has 0 unspecified atom stereocenters. The highest BCUT2D eigenvalue weighted by Crippen LogP contribution is 2.32. The SMILES string of the molecule is CC1=C(C(=O)Nc2ccccc2)[C@@H](c2ccc(C)cc2)n2c(s/c(=C/c3cc(Br)c(N4CCOCC4)o3)c2=O)=N1. The zero-order chi connectivity index (χ0) is 27.8. The van der Waals surface area contributed by atoms with Crippen LogP contribution in [0.3, 0.4) is 0 Å². The van der Waals surface area contributed by atoms with Crippen LogP contribution in [0.2, 0.25) is 0 Å². The van der Waals surface area contributed by atoms with Crippen LogP contribution in [-0.4, -0.2) is 36.8 Å². The largest absolute Gasteiger partial charge is 0.440 e. The first kappa shape index (κ1) is 26.5. The van der Waals surface area contributed by atoms with Gasteiger partial charge in [-0.25, -0.2) is 4.99 Å². The van der Waals surface area contributed by atoms with E-state index in [9.17, 15) is 9.59 Å². The molecule has 0 spiro atoms. The summed E-state index contributed by atoms with van der Waals surface area (Å²) >= 11 is 4.88. The van der Waals surface area contributed by atoms with Gasteiger partial charge in [-0.15, -0.1) is 0 Å². The monoisotopic (exact) mass is 618 g/mol. The van der Waals surface area contributed by atoms with Gasteiger partial charge in [-0.05, 0) is 47.5 Å². The third kappa shape index (κ3) is 5.10. The second-order valence-electron chi connectivity index (χ2n) is 9.71. The number of aryl methyl sites for hydroxylation is 1. The molecule has 1 saturated heterocycles. The molecule has 4 heterocycles. The van der Waals surface area contributed by atoms with Gasteiger partial charge in [0, 0.05) is 30.9 Å². The van der Waals surface area contributed by atoms with Crippen LogP contribution in [0.4, 0.5) is 11.6 Å². The molecule has 8 nitrogen and oxygen atoms in total. The number of carbonyl (C=O) groups excluding carboxylic acids is 1. The lowest BCUT2D eigenvalue weighted by Gasteiger charge is -2.26. The summed E-state index contributed by atoms with van der Waals surface area (Å²) in [6, 6.07) is 18.4. The van der Waals surface area contributed by atoms with Crippen LogP contribution in [0, 0.1) is 6.92 Å². The molecule has 0 bridgehead atoms. The highest BCUT2D eigenvalue weighted by atomic mass is 79.9. The predicted octanol–water partition coefficient (Wildman–Crippen LogP) is 4.37. The van der Waals surface area contributed by atoms with Gasteiger partial charge in [0.25, 0.3) is 11.5 Å². The van der Waals surface area contributed by atoms with Crippen LogP contribution < -0.4 is 25.1 Å². The van der Waals surface area contributed by atoms with E-state index in [1.807, 2.05) is 74.5 Å². The molecule has 2 aromatic heterocycles. The highest BCUT2D eigenvalue weighted by molar-refractivity contribution is 9.10. The molecule has 0 radical (unpaired) electrons. The molecule has 0 aliphatic carbocycles. The Hall–Kier alpha value is -3.73. The van der Waals surface area contributed by atoms with Crippen molar-refractivity contribution in [2.45, 2.75) is 19.9 Å². The Labute approximate surface area is 243 Å². The van der Waals surface area contributed by atoms with Crippen molar-refractivity contribution in [2.24, 2.45) is 4.99 Å². The second kappa shape index (κ2) is 11.0. The van der Waals surface area contributed by atoms with Crippen molar-refractivity contribution < 1.29 is 13.9 Å². The van der Waals surface area contributed by atoms with E-state index in [1.54, 1.807) is 10.6 Å². The zero-order valence-corrected chi connectivity index (χ0v) is 24.4. The number of morpholine rings is 1. The molecule has 10 heteroatoms. The number of anilines is 2. The second-order valence-corrected chi connectivity index (χ2v) is 11.6. The number of furan rings is 1. The molecule has 40 heavy (non-hydrogen) atoms. The summed E-state index contributed by atoms with van der Waals surface area (Å²) in [6.45, 7) is 6.57. The van der Waals surface area contributed by atoms with Gasteiger partial charge in [-0.3, -0.25) is 14.2 Å². The van der Waals surface area contributed by atoms with Crippen molar-refractivity contribution in [3.63, 3.8) is 0 Å². The normalized spacial score (nSPS) is 17.5. The first-order valence-corrected chi connectivity index (χ1v) is 14.6. The summed E-state index contributed by atoms with van der Waals surface area (Å²) in [7, 11) is 0. The fraction of sp³-hybridized carbons (Fsp3) is 0.233. The number of allylic oxidation sites excluding steroid dienone is 1. The van der Waals surface area contributed by atoms with Crippen LogP contribution >= 0.6 is 27.3 Å². The molecule has 2 aliphatic rings. The molecule has 4 aromatic rings. The van der Waals surface area contributed by atoms with E-state index in [1.165, 1.54) is 11.3 Å². The average Bonchev–Trinajstić information content (AvgIpc) is 3.47. The van der Waals surface area contributed by atoms with Gasteiger partial charge in [-0.2, -0.15) is 0 Å². The van der Waals surface area contributed by atoms with E-state index >= 15 is 0 Å². The van der Waals surface area contributed by atoms with Crippen LogP contribution in [0.15, 0.2) is 90.6 Å². The number of hydrogen-bond donors (Lipinski definition) is 1. The Kier molecular flexibility index (Phi) is 7.31. The summed E-state index contributed by atoms with van der Waals surface area (Å²) < 4.78 is 14.5. The minimum Gasteiger partial charge on any atom is -0.440 e. The van der Waals surface area contributed by atoms with E-state index < -0.39 is 6.04 Å².